The Morgan fingerprint density at radius 2 is 0.900 bits per heavy atom. The van der Waals surface area contributed by atoms with Crippen LogP contribution in [-0.4, -0.2) is 42.2 Å². The molecule has 4 nitrogen and oxygen atoms in total. The summed E-state index contributed by atoms with van der Waals surface area (Å²) < 4.78 is 22.2. The second kappa shape index (κ2) is 11.2. The van der Waals surface area contributed by atoms with Crippen LogP contribution in [0.4, 0.5) is 0 Å². The fraction of sp³-hybridized carbons (Fsp3) is 0.833. The molecule has 0 aromatic rings. The zero-order chi connectivity index (χ0) is 15.5. The lowest BCUT2D eigenvalue weighted by Crippen LogP contribution is -2.36. The molecule has 0 aromatic heterocycles. The summed E-state index contributed by atoms with van der Waals surface area (Å²) in [6.07, 6.45) is 3.90. The molecule has 0 aromatic carbocycles. The van der Waals surface area contributed by atoms with Gasteiger partial charge in [-0.3, -0.25) is 0 Å². The van der Waals surface area contributed by atoms with Gasteiger partial charge in [0.25, 0.3) is 0 Å². The van der Waals surface area contributed by atoms with Gasteiger partial charge >= 0.3 is 15.7 Å². The first-order valence-electron chi connectivity index (χ1n) is 7.03. The van der Waals surface area contributed by atoms with Crippen molar-refractivity contribution < 1.29 is 17.7 Å². The van der Waals surface area contributed by atoms with Crippen molar-refractivity contribution >= 4 is 37.9 Å². The van der Waals surface area contributed by atoms with E-state index in [-0.39, 0.29) is 0 Å². The first-order valence-corrected chi connectivity index (χ1v) is 13.1. The largest absolute Gasteiger partial charge is 0.447 e. The van der Waals surface area contributed by atoms with Gasteiger partial charge in [-0.1, -0.05) is 34.3 Å². The lowest BCUT2D eigenvalue weighted by atomic mass is 10.6. The third-order valence-corrected chi connectivity index (χ3v) is 8.89. The van der Waals surface area contributed by atoms with Gasteiger partial charge in [-0.15, -0.1) is 0 Å². The van der Waals surface area contributed by atoms with Crippen LogP contribution in [0.15, 0.2) is 12.2 Å². The number of allylic oxidation sites excluding steroid dienone is 2. The normalized spacial score (nSPS) is 13.3. The van der Waals surface area contributed by atoms with Crippen LogP contribution in [0.1, 0.15) is 27.7 Å². The van der Waals surface area contributed by atoms with E-state index in [9.17, 15) is 0 Å². The van der Waals surface area contributed by atoms with E-state index < -0.39 is 15.7 Å². The first kappa shape index (κ1) is 20.6. The molecule has 0 saturated carbocycles. The van der Waals surface area contributed by atoms with Crippen molar-refractivity contribution in [1.82, 2.24) is 0 Å². The molecule has 0 atom stereocenters. The fourth-order valence-corrected chi connectivity index (χ4v) is 6.73. The highest BCUT2D eigenvalue weighted by atomic mass is 35.6. The summed E-state index contributed by atoms with van der Waals surface area (Å²) in [5, 5.41) is 0. The minimum atomic E-state index is -2.61. The van der Waals surface area contributed by atoms with Crippen LogP contribution in [0.2, 0.25) is 12.1 Å². The molecule has 0 heterocycles. The number of hydrogen-bond acceptors (Lipinski definition) is 4. The van der Waals surface area contributed by atoms with Gasteiger partial charge in [-0.25, -0.2) is 0 Å². The van der Waals surface area contributed by atoms with Gasteiger partial charge < -0.3 is 17.7 Å². The highest BCUT2D eigenvalue weighted by Crippen LogP contribution is 2.22. The Bertz CT molecular complexity index is 242. The smallest absolute Gasteiger partial charge is 0.383 e. The molecule has 0 rings (SSSR count). The van der Waals surface area contributed by atoms with E-state index >= 15 is 0 Å². The van der Waals surface area contributed by atoms with Crippen molar-refractivity contribution in [2.24, 2.45) is 0 Å². The summed E-state index contributed by atoms with van der Waals surface area (Å²) in [5.41, 5.74) is 0. The molecule has 0 bridgehead atoms. The monoisotopic (exact) mass is 360 g/mol. The van der Waals surface area contributed by atoms with Crippen molar-refractivity contribution in [1.29, 1.82) is 0 Å². The predicted molar refractivity (Wildman–Crippen MR) is 88.5 cm³/mol. The highest BCUT2D eigenvalue weighted by molar-refractivity contribution is 7.13. The minimum Gasteiger partial charge on any atom is -0.383 e. The van der Waals surface area contributed by atoms with E-state index in [1.165, 1.54) is 0 Å². The van der Waals surface area contributed by atoms with Gasteiger partial charge in [-0.2, -0.15) is 0 Å². The zero-order valence-corrected chi connectivity index (χ0v) is 16.3. The molecule has 0 unspecified atom stereocenters. The highest BCUT2D eigenvalue weighted by Gasteiger charge is 2.35. The molecule has 120 valence electrons. The average Bonchev–Trinajstić information content (AvgIpc) is 2.36. The van der Waals surface area contributed by atoms with E-state index in [4.69, 9.17) is 39.9 Å². The molecule has 0 aliphatic rings. The van der Waals surface area contributed by atoms with Gasteiger partial charge in [0.05, 0.1) is 0 Å². The van der Waals surface area contributed by atoms with Crippen LogP contribution in [0.25, 0.3) is 0 Å². The maximum Gasteiger partial charge on any atom is 0.447 e. The van der Waals surface area contributed by atoms with E-state index in [0.29, 0.717) is 38.5 Å². The molecule has 0 N–H and O–H groups in total. The Hall–Kier alpha value is 0.594. The second-order valence-corrected chi connectivity index (χ2v) is 12.0. The van der Waals surface area contributed by atoms with Crippen molar-refractivity contribution in [3.8, 4) is 0 Å². The molecule has 8 heteroatoms. The molecule has 0 aliphatic carbocycles. The maximum absolute atomic E-state index is 6.37. The van der Waals surface area contributed by atoms with E-state index in [1.54, 1.807) is 0 Å². The van der Waals surface area contributed by atoms with Crippen molar-refractivity contribution in [3.05, 3.63) is 12.2 Å². The number of hydrogen-bond donors (Lipinski definition) is 0. The minimum absolute atomic E-state index is 0.551. The molecule has 20 heavy (non-hydrogen) atoms. The van der Waals surface area contributed by atoms with Crippen LogP contribution >= 0.6 is 22.2 Å². The molecule has 0 aliphatic heterocycles. The summed E-state index contributed by atoms with van der Waals surface area (Å²) >= 11 is 12.7. The van der Waals surface area contributed by atoms with Crippen molar-refractivity contribution in [3.63, 3.8) is 0 Å². The summed E-state index contributed by atoms with van der Waals surface area (Å²) in [4.78, 5) is 0. The molecule has 0 amide bonds. The summed E-state index contributed by atoms with van der Waals surface area (Å²) in [5.74, 6) is 0. The Morgan fingerprint density at radius 1 is 0.650 bits per heavy atom. The van der Waals surface area contributed by atoms with E-state index in [0.717, 1.165) is 0 Å². The van der Waals surface area contributed by atoms with Crippen molar-refractivity contribution in [2.45, 2.75) is 39.8 Å². The van der Waals surface area contributed by atoms with Crippen LogP contribution in [-0.2, 0) is 17.7 Å². The first-order chi connectivity index (χ1) is 9.45. The van der Waals surface area contributed by atoms with Crippen LogP contribution in [0, 0.1) is 0 Å². The molecule has 0 saturated heterocycles. The lowest BCUT2D eigenvalue weighted by molar-refractivity contribution is 0.204. The topological polar surface area (TPSA) is 36.9 Å². The molecule has 0 radical (unpaired) electrons. The number of halogens is 2. The van der Waals surface area contributed by atoms with Gasteiger partial charge in [0.2, 0.25) is 0 Å². The van der Waals surface area contributed by atoms with Crippen LogP contribution < -0.4 is 0 Å². The quantitative estimate of drug-likeness (QED) is 0.299. The van der Waals surface area contributed by atoms with E-state index in [1.807, 2.05) is 39.8 Å². The van der Waals surface area contributed by atoms with Gasteiger partial charge in [0.1, 0.15) is 0 Å². The second-order valence-electron chi connectivity index (χ2n) is 3.93. The third kappa shape index (κ3) is 8.79. The van der Waals surface area contributed by atoms with Crippen LogP contribution in [0.5, 0.6) is 0 Å². The molecule has 0 fully saturated rings. The Labute approximate surface area is 134 Å². The standard InChI is InChI=1S/C12H26Cl2O4Si2/c1-5-15-19(13,16-6-2)11-9-10-12-20(14,17-7-3)18-8-4/h9-10H,5-8,11-12H2,1-4H3. The van der Waals surface area contributed by atoms with E-state index in [2.05, 4.69) is 0 Å². The predicted octanol–water partition coefficient (Wildman–Crippen LogP) is 4.04. The summed E-state index contributed by atoms with van der Waals surface area (Å²) in [6, 6.07) is 1.16. The fourth-order valence-electron chi connectivity index (χ4n) is 1.63. The molecular weight excluding hydrogens is 335 g/mol. The SMILES string of the molecule is CCO[Si](Cl)(CC=CC[Si](Cl)(OCC)OCC)OCC. The Kier molecular flexibility index (Phi) is 11.5. The summed E-state index contributed by atoms with van der Waals surface area (Å²) in [7, 11) is -5.21. The Balaban J connectivity index is 4.39. The lowest BCUT2D eigenvalue weighted by Gasteiger charge is -2.22. The van der Waals surface area contributed by atoms with Gasteiger partial charge in [0.15, 0.2) is 0 Å². The third-order valence-electron chi connectivity index (χ3n) is 2.33. The molecule has 0 spiro atoms. The van der Waals surface area contributed by atoms with Crippen molar-refractivity contribution in [2.75, 3.05) is 26.4 Å². The zero-order valence-electron chi connectivity index (χ0n) is 12.8. The molecular formula is C12H26Cl2O4Si2. The average molecular weight is 361 g/mol. The summed E-state index contributed by atoms with van der Waals surface area (Å²) in [6.45, 7) is 9.85. The van der Waals surface area contributed by atoms with Crippen LogP contribution in [0.3, 0.4) is 0 Å². The maximum atomic E-state index is 6.37. The van der Waals surface area contributed by atoms with Gasteiger partial charge in [-0.05, 0) is 27.7 Å². The van der Waals surface area contributed by atoms with Gasteiger partial charge in [0, 0.05) is 38.5 Å². The number of rotatable bonds is 12. The Morgan fingerprint density at radius 3 is 1.10 bits per heavy atom.